The number of aromatic nitrogens is 4. The molecule has 0 saturated carbocycles. The molecular formula is C16H14N6O2. The molecule has 24 heavy (non-hydrogen) atoms. The van der Waals surface area contributed by atoms with Gasteiger partial charge in [-0.2, -0.15) is 5.10 Å². The molecule has 0 aromatic carbocycles. The highest BCUT2D eigenvalue weighted by Crippen LogP contribution is 2.17. The summed E-state index contributed by atoms with van der Waals surface area (Å²) in [5.74, 6) is 3.57. The summed E-state index contributed by atoms with van der Waals surface area (Å²) in [4.78, 5) is 22.1. The van der Waals surface area contributed by atoms with Crippen molar-refractivity contribution in [2.45, 2.75) is 6.54 Å². The molecule has 0 fully saturated rings. The fraction of sp³-hybridized carbons (Fsp3) is 0.125. The van der Waals surface area contributed by atoms with Gasteiger partial charge in [-0.15, -0.1) is 6.42 Å². The van der Waals surface area contributed by atoms with E-state index in [1.165, 1.54) is 22.2 Å². The van der Waals surface area contributed by atoms with Crippen LogP contribution in [0.1, 0.15) is 5.76 Å². The van der Waals surface area contributed by atoms with E-state index in [2.05, 4.69) is 26.3 Å². The molecule has 0 aliphatic carbocycles. The maximum absolute atomic E-state index is 12.6. The molecule has 3 aromatic heterocycles. The van der Waals surface area contributed by atoms with Gasteiger partial charge in [0.2, 0.25) is 0 Å². The SMILES string of the molecule is C#CCN(Cc1ccco1)C(=O)Nc1cccnc1-n1cncn1. The van der Waals surface area contributed by atoms with Crippen molar-refractivity contribution in [3.8, 4) is 18.2 Å². The molecule has 0 atom stereocenters. The van der Waals surface area contributed by atoms with E-state index >= 15 is 0 Å². The van der Waals surface area contributed by atoms with Crippen LogP contribution in [0, 0.1) is 12.3 Å². The van der Waals surface area contributed by atoms with Gasteiger partial charge in [0.25, 0.3) is 0 Å². The summed E-state index contributed by atoms with van der Waals surface area (Å²) in [5.41, 5.74) is 0.495. The van der Waals surface area contributed by atoms with Gasteiger partial charge in [-0.25, -0.2) is 19.4 Å². The summed E-state index contributed by atoms with van der Waals surface area (Å²) in [6.45, 7) is 0.410. The third-order valence-corrected chi connectivity index (χ3v) is 3.16. The van der Waals surface area contributed by atoms with Gasteiger partial charge in [-0.3, -0.25) is 0 Å². The zero-order valence-electron chi connectivity index (χ0n) is 12.7. The van der Waals surface area contributed by atoms with Crippen molar-refractivity contribution in [2.75, 3.05) is 11.9 Å². The minimum absolute atomic E-state index is 0.144. The largest absolute Gasteiger partial charge is 0.467 e. The second-order valence-electron chi connectivity index (χ2n) is 4.78. The molecule has 0 spiro atoms. The van der Waals surface area contributed by atoms with E-state index < -0.39 is 0 Å². The first-order valence-corrected chi connectivity index (χ1v) is 7.09. The Balaban J connectivity index is 1.79. The Morgan fingerprint density at radius 3 is 3.04 bits per heavy atom. The smallest absolute Gasteiger partial charge is 0.323 e. The van der Waals surface area contributed by atoms with E-state index in [1.807, 2.05) is 0 Å². The first-order valence-electron chi connectivity index (χ1n) is 7.09. The van der Waals surface area contributed by atoms with Crippen LogP contribution in [-0.2, 0) is 6.54 Å². The van der Waals surface area contributed by atoms with E-state index in [-0.39, 0.29) is 19.1 Å². The second kappa shape index (κ2) is 7.11. The second-order valence-corrected chi connectivity index (χ2v) is 4.78. The molecule has 0 aliphatic heterocycles. The van der Waals surface area contributed by atoms with Crippen LogP contribution in [0.3, 0.4) is 0 Å². The van der Waals surface area contributed by atoms with Crippen molar-refractivity contribution < 1.29 is 9.21 Å². The fourth-order valence-corrected chi connectivity index (χ4v) is 2.09. The van der Waals surface area contributed by atoms with Gasteiger partial charge < -0.3 is 14.6 Å². The van der Waals surface area contributed by atoms with E-state index in [4.69, 9.17) is 10.8 Å². The highest BCUT2D eigenvalue weighted by atomic mass is 16.3. The minimum Gasteiger partial charge on any atom is -0.467 e. The van der Waals surface area contributed by atoms with E-state index in [1.54, 1.807) is 36.7 Å². The molecule has 0 radical (unpaired) electrons. The van der Waals surface area contributed by atoms with Crippen LogP contribution in [0.4, 0.5) is 10.5 Å². The van der Waals surface area contributed by atoms with Crippen LogP contribution in [0.5, 0.6) is 0 Å². The average molecular weight is 322 g/mol. The number of nitrogens with zero attached hydrogens (tertiary/aromatic N) is 5. The van der Waals surface area contributed by atoms with Gasteiger partial charge in [0.15, 0.2) is 5.82 Å². The molecule has 8 heteroatoms. The highest BCUT2D eigenvalue weighted by Gasteiger charge is 2.17. The Labute approximate surface area is 138 Å². The number of terminal acetylenes is 1. The lowest BCUT2D eigenvalue weighted by Gasteiger charge is -2.20. The molecule has 0 saturated heterocycles. The van der Waals surface area contributed by atoms with Crippen LogP contribution in [-0.4, -0.2) is 37.2 Å². The number of anilines is 1. The lowest BCUT2D eigenvalue weighted by Crippen LogP contribution is -2.35. The number of rotatable bonds is 5. The van der Waals surface area contributed by atoms with E-state index in [9.17, 15) is 4.79 Å². The fourth-order valence-electron chi connectivity index (χ4n) is 2.09. The van der Waals surface area contributed by atoms with Gasteiger partial charge >= 0.3 is 6.03 Å². The number of hydrogen-bond acceptors (Lipinski definition) is 5. The normalized spacial score (nSPS) is 10.1. The third-order valence-electron chi connectivity index (χ3n) is 3.16. The Morgan fingerprint density at radius 1 is 1.42 bits per heavy atom. The summed E-state index contributed by atoms with van der Waals surface area (Å²) in [5, 5.41) is 6.82. The quantitative estimate of drug-likeness (QED) is 0.725. The third kappa shape index (κ3) is 3.41. The lowest BCUT2D eigenvalue weighted by atomic mass is 10.3. The number of nitrogens with one attached hydrogen (secondary N) is 1. The average Bonchev–Trinajstić information content (AvgIpc) is 3.28. The highest BCUT2D eigenvalue weighted by molar-refractivity contribution is 5.91. The van der Waals surface area contributed by atoms with Gasteiger partial charge in [0, 0.05) is 6.20 Å². The van der Waals surface area contributed by atoms with Gasteiger partial charge in [0.05, 0.1) is 25.0 Å². The van der Waals surface area contributed by atoms with Crippen molar-refractivity contribution in [3.05, 3.63) is 55.1 Å². The Bertz CT molecular complexity index is 836. The first-order chi connectivity index (χ1) is 11.8. The summed E-state index contributed by atoms with van der Waals surface area (Å²) in [7, 11) is 0. The Kier molecular flexibility index (Phi) is 4.53. The summed E-state index contributed by atoms with van der Waals surface area (Å²) < 4.78 is 6.73. The Morgan fingerprint density at radius 2 is 2.33 bits per heavy atom. The van der Waals surface area contributed by atoms with Gasteiger partial charge in [-0.05, 0) is 24.3 Å². The molecule has 0 unspecified atom stereocenters. The molecule has 1 N–H and O–H groups in total. The topological polar surface area (TPSA) is 89.1 Å². The number of furan rings is 1. The van der Waals surface area contributed by atoms with Crippen LogP contribution < -0.4 is 5.32 Å². The zero-order valence-corrected chi connectivity index (χ0v) is 12.7. The molecule has 3 heterocycles. The number of carbonyl (C=O) groups is 1. The maximum atomic E-state index is 12.6. The van der Waals surface area contributed by atoms with E-state index in [0.29, 0.717) is 17.3 Å². The van der Waals surface area contributed by atoms with E-state index in [0.717, 1.165) is 0 Å². The number of hydrogen-bond donors (Lipinski definition) is 1. The molecule has 3 rings (SSSR count). The molecular weight excluding hydrogens is 308 g/mol. The van der Waals surface area contributed by atoms with Gasteiger partial charge in [0.1, 0.15) is 18.4 Å². The van der Waals surface area contributed by atoms with Crippen molar-refractivity contribution in [1.29, 1.82) is 0 Å². The molecule has 120 valence electrons. The summed E-state index contributed by atoms with van der Waals surface area (Å²) >= 11 is 0. The standard InChI is InChI=1S/C16H14N6O2/c1-2-8-21(10-13-5-4-9-24-13)16(23)20-14-6-3-7-18-15(14)22-12-17-11-19-22/h1,3-7,9,11-12H,8,10H2,(H,20,23). The summed E-state index contributed by atoms with van der Waals surface area (Å²) in [6, 6.07) is 6.61. The monoisotopic (exact) mass is 322 g/mol. The number of urea groups is 1. The van der Waals surface area contributed by atoms with Crippen LogP contribution in [0.15, 0.2) is 53.8 Å². The van der Waals surface area contributed by atoms with Crippen molar-refractivity contribution in [3.63, 3.8) is 0 Å². The van der Waals surface area contributed by atoms with Crippen molar-refractivity contribution >= 4 is 11.7 Å². The Hall–Kier alpha value is -3.60. The lowest BCUT2D eigenvalue weighted by molar-refractivity contribution is 0.211. The minimum atomic E-state index is -0.362. The predicted molar refractivity (Wildman–Crippen MR) is 86.1 cm³/mol. The molecule has 0 aliphatic rings. The maximum Gasteiger partial charge on any atom is 0.323 e. The molecule has 2 amide bonds. The molecule has 3 aromatic rings. The molecule has 0 bridgehead atoms. The summed E-state index contributed by atoms with van der Waals surface area (Å²) in [6.07, 6.45) is 11.4. The number of carbonyl (C=O) groups excluding carboxylic acids is 1. The first kappa shape index (κ1) is 15.3. The van der Waals surface area contributed by atoms with Crippen molar-refractivity contribution in [2.24, 2.45) is 0 Å². The van der Waals surface area contributed by atoms with Crippen molar-refractivity contribution in [1.82, 2.24) is 24.6 Å². The zero-order chi connectivity index (χ0) is 16.8. The number of amides is 2. The predicted octanol–water partition coefficient (Wildman–Crippen LogP) is 1.92. The van der Waals surface area contributed by atoms with Crippen LogP contribution in [0.25, 0.3) is 5.82 Å². The number of pyridine rings is 1. The van der Waals surface area contributed by atoms with Crippen LogP contribution >= 0.6 is 0 Å². The van der Waals surface area contributed by atoms with Crippen LogP contribution in [0.2, 0.25) is 0 Å². The molecule has 8 nitrogen and oxygen atoms in total. The van der Waals surface area contributed by atoms with Gasteiger partial charge in [-0.1, -0.05) is 5.92 Å².